The molecule has 5 heteroatoms. The summed E-state index contributed by atoms with van der Waals surface area (Å²) >= 11 is 0. The van der Waals surface area contributed by atoms with Gasteiger partial charge in [-0.15, -0.1) is 0 Å². The number of carbonyl (C=O) groups is 2. The van der Waals surface area contributed by atoms with Crippen LogP contribution in [0.15, 0.2) is 0 Å². The highest BCUT2D eigenvalue weighted by Gasteiger charge is 2.34. The molecule has 0 aromatic heterocycles. The summed E-state index contributed by atoms with van der Waals surface area (Å²) in [6.07, 6.45) is 4.99. The Bertz CT molecular complexity index is 298. The normalized spacial score (nSPS) is 29.2. The fraction of sp³-hybridized carbons (Fsp3) is 0.818. The van der Waals surface area contributed by atoms with Crippen LogP contribution in [-0.4, -0.2) is 35.1 Å². The highest BCUT2D eigenvalue weighted by atomic mass is 16.3. The fourth-order valence-electron chi connectivity index (χ4n) is 2.42. The number of nitrogens with one attached hydrogen (secondary N) is 2. The molecule has 0 radical (unpaired) electrons. The van der Waals surface area contributed by atoms with Gasteiger partial charge in [-0.05, 0) is 12.8 Å². The molecular weight excluding hydrogens is 208 g/mol. The number of aliphatic hydroxyl groups is 1. The number of amides is 2. The van der Waals surface area contributed by atoms with Crippen molar-refractivity contribution in [3.63, 3.8) is 0 Å². The summed E-state index contributed by atoms with van der Waals surface area (Å²) in [4.78, 5) is 22.2. The van der Waals surface area contributed by atoms with Crippen molar-refractivity contribution in [1.82, 2.24) is 10.6 Å². The first-order chi connectivity index (χ1) is 7.59. The van der Waals surface area contributed by atoms with Crippen LogP contribution in [0.3, 0.4) is 0 Å². The van der Waals surface area contributed by atoms with Crippen molar-refractivity contribution in [2.75, 3.05) is 6.54 Å². The lowest BCUT2D eigenvalue weighted by molar-refractivity contribution is -0.125. The highest BCUT2D eigenvalue weighted by Crippen LogP contribution is 2.27. The molecule has 0 spiro atoms. The van der Waals surface area contributed by atoms with Crippen molar-refractivity contribution in [2.24, 2.45) is 0 Å². The fourth-order valence-corrected chi connectivity index (χ4v) is 2.42. The number of carbonyl (C=O) groups excluding carboxylic acids is 2. The first-order valence-electron chi connectivity index (χ1n) is 5.89. The third kappa shape index (κ3) is 2.59. The van der Waals surface area contributed by atoms with E-state index in [9.17, 15) is 14.7 Å². The summed E-state index contributed by atoms with van der Waals surface area (Å²) < 4.78 is 0. The maximum Gasteiger partial charge on any atom is 0.244 e. The van der Waals surface area contributed by atoms with Gasteiger partial charge in [0.25, 0.3) is 0 Å². The van der Waals surface area contributed by atoms with Crippen LogP contribution in [0.1, 0.15) is 38.5 Å². The Morgan fingerprint density at radius 2 is 2.00 bits per heavy atom. The second-order valence-corrected chi connectivity index (χ2v) is 4.84. The highest BCUT2D eigenvalue weighted by molar-refractivity contribution is 6.05. The van der Waals surface area contributed by atoms with Crippen molar-refractivity contribution < 1.29 is 14.7 Å². The molecule has 1 heterocycles. The lowest BCUT2D eigenvalue weighted by atomic mass is 9.85. The average Bonchev–Trinajstić information content (AvgIpc) is 2.56. The van der Waals surface area contributed by atoms with E-state index in [2.05, 4.69) is 10.6 Å². The molecule has 2 amide bonds. The topological polar surface area (TPSA) is 78.4 Å². The molecular formula is C11H18N2O3. The minimum Gasteiger partial charge on any atom is -0.389 e. The average molecular weight is 226 g/mol. The van der Waals surface area contributed by atoms with Gasteiger partial charge in [0.15, 0.2) is 0 Å². The first-order valence-corrected chi connectivity index (χ1v) is 5.89. The molecule has 0 aromatic rings. The predicted octanol–water partition coefficient (Wildman–Crippen LogP) is -0.314. The van der Waals surface area contributed by atoms with E-state index in [0.29, 0.717) is 6.54 Å². The molecule has 3 N–H and O–H groups in total. The molecule has 1 aliphatic heterocycles. The minimum absolute atomic E-state index is 0.189. The van der Waals surface area contributed by atoms with Gasteiger partial charge in [-0.2, -0.15) is 0 Å². The molecule has 0 bridgehead atoms. The van der Waals surface area contributed by atoms with Crippen LogP contribution in [0.5, 0.6) is 0 Å². The van der Waals surface area contributed by atoms with E-state index in [4.69, 9.17) is 0 Å². The number of imide groups is 1. The summed E-state index contributed by atoms with van der Waals surface area (Å²) in [7, 11) is 0. The van der Waals surface area contributed by atoms with Gasteiger partial charge in [0.2, 0.25) is 11.8 Å². The van der Waals surface area contributed by atoms with Crippen LogP contribution >= 0.6 is 0 Å². The molecule has 1 saturated heterocycles. The molecule has 5 nitrogen and oxygen atoms in total. The second-order valence-electron chi connectivity index (χ2n) is 4.84. The van der Waals surface area contributed by atoms with Crippen LogP contribution in [0, 0.1) is 0 Å². The standard InChI is InChI=1S/C11H18N2O3/c14-9-6-8(10(15)13-9)12-7-11(16)4-2-1-3-5-11/h8,12,16H,1-7H2,(H,13,14,15). The smallest absolute Gasteiger partial charge is 0.244 e. The summed E-state index contributed by atoms with van der Waals surface area (Å²) in [6.45, 7) is 0.401. The molecule has 1 aliphatic carbocycles. The van der Waals surface area contributed by atoms with Crippen LogP contribution in [0.4, 0.5) is 0 Å². The van der Waals surface area contributed by atoms with Gasteiger partial charge >= 0.3 is 0 Å². The van der Waals surface area contributed by atoms with Gasteiger partial charge in [-0.3, -0.25) is 14.9 Å². The van der Waals surface area contributed by atoms with E-state index in [1.165, 1.54) is 6.42 Å². The van der Waals surface area contributed by atoms with Gasteiger partial charge in [0.1, 0.15) is 0 Å². The molecule has 1 unspecified atom stereocenters. The van der Waals surface area contributed by atoms with E-state index in [0.717, 1.165) is 25.7 Å². The van der Waals surface area contributed by atoms with Crippen molar-refractivity contribution >= 4 is 11.8 Å². The third-order valence-corrected chi connectivity index (χ3v) is 3.43. The SMILES string of the molecule is O=C1CC(NCC2(O)CCCCC2)C(=O)N1. The van der Waals surface area contributed by atoms with Gasteiger partial charge in [0, 0.05) is 6.54 Å². The van der Waals surface area contributed by atoms with E-state index >= 15 is 0 Å². The van der Waals surface area contributed by atoms with Crippen LogP contribution < -0.4 is 10.6 Å². The van der Waals surface area contributed by atoms with E-state index in [-0.39, 0.29) is 18.2 Å². The van der Waals surface area contributed by atoms with Crippen molar-refractivity contribution in [2.45, 2.75) is 50.2 Å². The van der Waals surface area contributed by atoms with E-state index in [1.807, 2.05) is 0 Å². The van der Waals surface area contributed by atoms with E-state index in [1.54, 1.807) is 0 Å². The maximum atomic E-state index is 11.3. The zero-order valence-corrected chi connectivity index (χ0v) is 9.29. The first kappa shape index (κ1) is 11.5. The van der Waals surface area contributed by atoms with Gasteiger partial charge in [-0.1, -0.05) is 19.3 Å². The zero-order chi connectivity index (χ0) is 11.6. The minimum atomic E-state index is -0.690. The van der Waals surface area contributed by atoms with Crippen LogP contribution in [-0.2, 0) is 9.59 Å². The quantitative estimate of drug-likeness (QED) is 0.577. The van der Waals surface area contributed by atoms with E-state index < -0.39 is 11.6 Å². The van der Waals surface area contributed by atoms with Crippen molar-refractivity contribution in [1.29, 1.82) is 0 Å². The monoisotopic (exact) mass is 226 g/mol. The molecule has 90 valence electrons. The molecule has 2 aliphatic rings. The van der Waals surface area contributed by atoms with Crippen LogP contribution in [0.25, 0.3) is 0 Å². The largest absolute Gasteiger partial charge is 0.389 e. The van der Waals surface area contributed by atoms with Crippen molar-refractivity contribution in [3.8, 4) is 0 Å². The summed E-state index contributed by atoms with van der Waals surface area (Å²) in [6, 6.07) is -0.460. The van der Waals surface area contributed by atoms with Crippen LogP contribution in [0.2, 0.25) is 0 Å². The Kier molecular flexibility index (Phi) is 3.25. The number of hydrogen-bond donors (Lipinski definition) is 3. The zero-order valence-electron chi connectivity index (χ0n) is 9.29. The molecule has 1 atom stereocenters. The summed E-state index contributed by atoms with van der Waals surface area (Å²) in [5, 5.41) is 15.4. The van der Waals surface area contributed by atoms with Gasteiger partial charge in [-0.25, -0.2) is 0 Å². The maximum absolute atomic E-state index is 11.3. The van der Waals surface area contributed by atoms with Crippen molar-refractivity contribution in [3.05, 3.63) is 0 Å². The molecule has 16 heavy (non-hydrogen) atoms. The summed E-state index contributed by atoms with van der Waals surface area (Å²) in [5.41, 5.74) is -0.690. The Hall–Kier alpha value is -0.940. The van der Waals surface area contributed by atoms with Gasteiger partial charge in [0.05, 0.1) is 18.1 Å². The number of rotatable bonds is 3. The molecule has 0 aromatic carbocycles. The Morgan fingerprint density at radius 3 is 2.56 bits per heavy atom. The molecule has 1 saturated carbocycles. The predicted molar refractivity (Wildman–Crippen MR) is 57.6 cm³/mol. The lowest BCUT2D eigenvalue weighted by Gasteiger charge is -2.32. The number of hydrogen-bond acceptors (Lipinski definition) is 4. The Balaban J connectivity index is 1.82. The molecule has 2 rings (SSSR count). The molecule has 2 fully saturated rings. The second kappa shape index (κ2) is 4.51. The lowest BCUT2D eigenvalue weighted by Crippen LogP contribution is -2.47. The summed E-state index contributed by atoms with van der Waals surface area (Å²) in [5.74, 6) is -0.512. The Labute approximate surface area is 94.6 Å². The van der Waals surface area contributed by atoms with Gasteiger partial charge < -0.3 is 10.4 Å². The Morgan fingerprint density at radius 1 is 1.31 bits per heavy atom. The third-order valence-electron chi connectivity index (χ3n) is 3.43.